The van der Waals surface area contributed by atoms with E-state index in [0.29, 0.717) is 11.1 Å². The van der Waals surface area contributed by atoms with E-state index in [1.54, 1.807) is 24.3 Å². The van der Waals surface area contributed by atoms with Gasteiger partial charge in [0.2, 0.25) is 0 Å². The molecule has 0 bridgehead atoms. The minimum atomic E-state index is -0.744. The summed E-state index contributed by atoms with van der Waals surface area (Å²) in [6.07, 6.45) is -0.744. The summed E-state index contributed by atoms with van der Waals surface area (Å²) in [6.45, 7) is -0.372. The van der Waals surface area contributed by atoms with Crippen molar-refractivity contribution in [2.24, 2.45) is 0 Å². The lowest BCUT2D eigenvalue weighted by atomic mass is 10.1. The molecule has 0 heterocycles. The molecule has 1 aromatic carbocycles. The van der Waals surface area contributed by atoms with Gasteiger partial charge in [-0.25, -0.2) is 4.89 Å². The first kappa shape index (κ1) is 10.1. The molecular formula is C9H12O4. The van der Waals surface area contributed by atoms with Crippen LogP contribution in [0.15, 0.2) is 24.3 Å². The Labute approximate surface area is 76.0 Å². The molecule has 1 unspecified atom stereocenters. The molecule has 0 aliphatic rings. The van der Waals surface area contributed by atoms with Crippen molar-refractivity contribution < 1.29 is 20.4 Å². The van der Waals surface area contributed by atoms with Crippen molar-refractivity contribution in [2.45, 2.75) is 12.7 Å². The number of benzene rings is 1. The van der Waals surface area contributed by atoms with E-state index in [2.05, 4.69) is 4.89 Å². The predicted octanol–water partition coefficient (Wildman–Crippen LogP) is 0.702. The van der Waals surface area contributed by atoms with Gasteiger partial charge in [-0.15, -0.1) is 0 Å². The standard InChI is InChI=1S/C9H12O4/c10-5-7-2-1-3-8(4-7)9(6-11)13-12/h1-4,9-12H,5-6H2. The molecule has 0 aliphatic heterocycles. The molecule has 4 heteroatoms. The van der Waals surface area contributed by atoms with Gasteiger partial charge in [0.15, 0.2) is 0 Å². The quantitative estimate of drug-likeness (QED) is 0.476. The molecule has 0 saturated heterocycles. The second-order valence-corrected chi connectivity index (χ2v) is 2.68. The minimum Gasteiger partial charge on any atom is -0.393 e. The average Bonchev–Trinajstić information content (AvgIpc) is 2.20. The first-order valence-corrected chi connectivity index (χ1v) is 3.92. The first-order valence-electron chi connectivity index (χ1n) is 3.92. The normalized spacial score (nSPS) is 12.8. The van der Waals surface area contributed by atoms with E-state index in [1.807, 2.05) is 0 Å². The van der Waals surface area contributed by atoms with Gasteiger partial charge in [-0.1, -0.05) is 24.3 Å². The van der Waals surface area contributed by atoms with Gasteiger partial charge < -0.3 is 10.2 Å². The van der Waals surface area contributed by atoms with Crippen molar-refractivity contribution >= 4 is 0 Å². The molecule has 0 spiro atoms. The third kappa shape index (κ3) is 2.50. The van der Waals surface area contributed by atoms with Crippen LogP contribution in [0.3, 0.4) is 0 Å². The van der Waals surface area contributed by atoms with Gasteiger partial charge in [-0.05, 0) is 11.1 Å². The van der Waals surface area contributed by atoms with Crippen LogP contribution in [-0.2, 0) is 11.5 Å². The van der Waals surface area contributed by atoms with E-state index in [9.17, 15) is 0 Å². The third-order valence-corrected chi connectivity index (χ3v) is 1.80. The summed E-state index contributed by atoms with van der Waals surface area (Å²) in [5, 5.41) is 26.0. The largest absolute Gasteiger partial charge is 0.393 e. The lowest BCUT2D eigenvalue weighted by Gasteiger charge is -2.10. The zero-order chi connectivity index (χ0) is 9.68. The molecule has 0 aliphatic carbocycles. The maximum atomic E-state index is 8.82. The van der Waals surface area contributed by atoms with Crippen LogP contribution in [0.25, 0.3) is 0 Å². The number of hydrogen-bond donors (Lipinski definition) is 3. The number of aliphatic hydroxyl groups is 2. The van der Waals surface area contributed by atoms with Gasteiger partial charge in [0.05, 0.1) is 13.2 Å². The zero-order valence-electron chi connectivity index (χ0n) is 7.05. The van der Waals surface area contributed by atoms with E-state index < -0.39 is 6.10 Å². The summed E-state index contributed by atoms with van der Waals surface area (Å²) in [6, 6.07) is 6.84. The SMILES string of the molecule is OCc1cccc(C(CO)OO)c1. The number of aliphatic hydroxyl groups excluding tert-OH is 2. The summed E-state index contributed by atoms with van der Waals surface area (Å²) in [5.74, 6) is 0. The van der Waals surface area contributed by atoms with Crippen LogP contribution in [0.1, 0.15) is 17.2 Å². The number of hydrogen-bond acceptors (Lipinski definition) is 4. The molecule has 1 aromatic rings. The molecule has 0 aromatic heterocycles. The van der Waals surface area contributed by atoms with Crippen LogP contribution < -0.4 is 0 Å². The molecule has 1 rings (SSSR count). The zero-order valence-corrected chi connectivity index (χ0v) is 7.05. The maximum absolute atomic E-state index is 8.82. The van der Waals surface area contributed by atoms with Crippen molar-refractivity contribution in [1.29, 1.82) is 0 Å². The molecule has 0 fully saturated rings. The van der Waals surface area contributed by atoms with Gasteiger partial charge in [0, 0.05) is 0 Å². The van der Waals surface area contributed by atoms with E-state index in [4.69, 9.17) is 15.5 Å². The van der Waals surface area contributed by atoms with Crippen LogP contribution >= 0.6 is 0 Å². The summed E-state index contributed by atoms with van der Waals surface area (Å²) in [5.41, 5.74) is 1.35. The van der Waals surface area contributed by atoms with Crippen molar-refractivity contribution in [2.75, 3.05) is 6.61 Å². The molecule has 4 nitrogen and oxygen atoms in total. The lowest BCUT2D eigenvalue weighted by molar-refractivity contribution is -0.288. The molecule has 13 heavy (non-hydrogen) atoms. The van der Waals surface area contributed by atoms with Gasteiger partial charge in [0.1, 0.15) is 6.10 Å². The van der Waals surface area contributed by atoms with E-state index in [1.165, 1.54) is 0 Å². The van der Waals surface area contributed by atoms with Gasteiger partial charge >= 0.3 is 0 Å². The molecule has 0 saturated carbocycles. The molecule has 3 N–H and O–H groups in total. The smallest absolute Gasteiger partial charge is 0.141 e. The highest BCUT2D eigenvalue weighted by atomic mass is 17.1. The Hall–Kier alpha value is -0.940. The molecule has 0 radical (unpaired) electrons. The van der Waals surface area contributed by atoms with Gasteiger partial charge in [-0.3, -0.25) is 5.26 Å². The molecular weight excluding hydrogens is 172 g/mol. The maximum Gasteiger partial charge on any atom is 0.141 e. The predicted molar refractivity (Wildman–Crippen MR) is 45.9 cm³/mol. The topological polar surface area (TPSA) is 69.9 Å². The highest BCUT2D eigenvalue weighted by Crippen LogP contribution is 2.16. The monoisotopic (exact) mass is 184 g/mol. The Bertz CT molecular complexity index is 258. The number of rotatable bonds is 4. The van der Waals surface area contributed by atoms with Crippen molar-refractivity contribution in [3.05, 3.63) is 35.4 Å². The highest BCUT2D eigenvalue weighted by Gasteiger charge is 2.10. The fraction of sp³-hybridized carbons (Fsp3) is 0.333. The van der Waals surface area contributed by atoms with Crippen LogP contribution in [0, 0.1) is 0 Å². The average molecular weight is 184 g/mol. The third-order valence-electron chi connectivity index (χ3n) is 1.80. The van der Waals surface area contributed by atoms with Gasteiger partial charge in [0.25, 0.3) is 0 Å². The summed E-state index contributed by atoms with van der Waals surface area (Å²) >= 11 is 0. The van der Waals surface area contributed by atoms with Crippen molar-refractivity contribution in [3.8, 4) is 0 Å². The molecule has 0 amide bonds. The fourth-order valence-corrected chi connectivity index (χ4v) is 1.09. The van der Waals surface area contributed by atoms with E-state index in [-0.39, 0.29) is 13.2 Å². The van der Waals surface area contributed by atoms with E-state index in [0.717, 1.165) is 0 Å². The second-order valence-electron chi connectivity index (χ2n) is 2.68. The first-order chi connectivity index (χ1) is 6.31. The fourth-order valence-electron chi connectivity index (χ4n) is 1.09. The van der Waals surface area contributed by atoms with Crippen molar-refractivity contribution in [1.82, 2.24) is 0 Å². The van der Waals surface area contributed by atoms with Gasteiger partial charge in [-0.2, -0.15) is 0 Å². The van der Waals surface area contributed by atoms with Crippen LogP contribution in [-0.4, -0.2) is 22.1 Å². The highest BCUT2D eigenvalue weighted by molar-refractivity contribution is 5.24. The Morgan fingerprint density at radius 2 is 2.08 bits per heavy atom. The second kappa shape index (κ2) is 4.94. The molecule has 1 atom stereocenters. The summed E-state index contributed by atoms with van der Waals surface area (Å²) in [7, 11) is 0. The Balaban J connectivity index is 2.86. The Morgan fingerprint density at radius 3 is 2.62 bits per heavy atom. The summed E-state index contributed by atoms with van der Waals surface area (Å²) in [4.78, 5) is 4.05. The summed E-state index contributed by atoms with van der Waals surface area (Å²) < 4.78 is 0. The van der Waals surface area contributed by atoms with Crippen LogP contribution in [0.5, 0.6) is 0 Å². The van der Waals surface area contributed by atoms with E-state index >= 15 is 0 Å². The lowest BCUT2D eigenvalue weighted by Crippen LogP contribution is -2.06. The molecule has 72 valence electrons. The van der Waals surface area contributed by atoms with Crippen LogP contribution in [0.4, 0.5) is 0 Å². The minimum absolute atomic E-state index is 0.0720. The Kier molecular flexibility index (Phi) is 3.85. The Morgan fingerprint density at radius 1 is 1.31 bits per heavy atom. The van der Waals surface area contributed by atoms with Crippen LogP contribution in [0.2, 0.25) is 0 Å². The van der Waals surface area contributed by atoms with Crippen molar-refractivity contribution in [3.63, 3.8) is 0 Å².